The maximum Gasteiger partial charge on any atom is 0.257 e. The lowest BCUT2D eigenvalue weighted by Gasteiger charge is -2.17. The van der Waals surface area contributed by atoms with Crippen LogP contribution in [0, 0.1) is 12.7 Å². The number of nitrogens with zero attached hydrogens (tertiary/aromatic N) is 3. The van der Waals surface area contributed by atoms with Crippen LogP contribution in [0.2, 0.25) is 0 Å². The molecule has 3 aromatic rings. The largest absolute Gasteiger partial charge is 0.332 e. The van der Waals surface area contributed by atoms with Gasteiger partial charge in [0.1, 0.15) is 11.6 Å². The van der Waals surface area contributed by atoms with E-state index in [1.165, 1.54) is 30.1 Å². The molecule has 0 bridgehead atoms. The first-order valence-corrected chi connectivity index (χ1v) is 10.0. The Hall–Kier alpha value is -3.48. The molecular weight excluding hydrogens is 395 g/mol. The van der Waals surface area contributed by atoms with E-state index >= 15 is 0 Å². The third-order valence-corrected chi connectivity index (χ3v) is 4.92. The Morgan fingerprint density at radius 1 is 1.10 bits per heavy atom. The molecule has 0 unspecified atom stereocenters. The number of carbonyl (C=O) groups excluding carboxylic acids is 2. The number of benzene rings is 2. The summed E-state index contributed by atoms with van der Waals surface area (Å²) in [5.41, 5.74) is 2.39. The Kier molecular flexibility index (Phi) is 6.24. The van der Waals surface area contributed by atoms with E-state index in [0.29, 0.717) is 5.82 Å². The van der Waals surface area contributed by atoms with Crippen molar-refractivity contribution in [2.75, 3.05) is 18.9 Å². The van der Waals surface area contributed by atoms with E-state index in [2.05, 4.69) is 5.32 Å². The average molecular weight is 423 g/mol. The molecule has 0 aliphatic rings. The highest BCUT2D eigenvalue weighted by atomic mass is 19.1. The molecule has 0 radical (unpaired) electrons. The molecule has 31 heavy (non-hydrogen) atoms. The highest BCUT2D eigenvalue weighted by Crippen LogP contribution is 2.27. The van der Waals surface area contributed by atoms with Crippen LogP contribution in [0.3, 0.4) is 0 Å². The molecule has 0 saturated heterocycles. The number of halogens is 1. The zero-order valence-corrected chi connectivity index (χ0v) is 18.4. The molecule has 1 aromatic heterocycles. The van der Waals surface area contributed by atoms with E-state index in [0.717, 1.165) is 16.9 Å². The lowest BCUT2D eigenvalue weighted by Crippen LogP contribution is -2.35. The van der Waals surface area contributed by atoms with Gasteiger partial charge in [-0.05, 0) is 30.7 Å². The van der Waals surface area contributed by atoms with E-state index in [1.807, 2.05) is 58.0 Å². The fourth-order valence-corrected chi connectivity index (χ4v) is 3.13. The minimum Gasteiger partial charge on any atom is -0.332 e. The first kappa shape index (κ1) is 22.2. The fraction of sp³-hybridized carbons (Fsp3) is 0.292. The van der Waals surface area contributed by atoms with Gasteiger partial charge in [-0.15, -0.1) is 0 Å². The molecule has 0 fully saturated rings. The normalized spacial score (nSPS) is 11.3. The summed E-state index contributed by atoms with van der Waals surface area (Å²) in [6, 6.07) is 15.3. The third kappa shape index (κ3) is 4.99. The van der Waals surface area contributed by atoms with Gasteiger partial charge in [-0.2, -0.15) is 5.10 Å². The van der Waals surface area contributed by atoms with Gasteiger partial charge in [-0.3, -0.25) is 9.59 Å². The predicted molar refractivity (Wildman–Crippen MR) is 119 cm³/mol. The van der Waals surface area contributed by atoms with Crippen LogP contribution in [0.4, 0.5) is 10.2 Å². The molecular formula is C24H27FN4O2. The Bertz CT molecular complexity index is 1110. The molecule has 6 nitrogen and oxygen atoms in total. The quantitative estimate of drug-likeness (QED) is 0.666. The molecule has 1 heterocycles. The number of hydrogen-bond donors (Lipinski definition) is 1. The summed E-state index contributed by atoms with van der Waals surface area (Å²) in [4.78, 5) is 26.4. The number of para-hydroxylation sites is 1. The number of aromatic nitrogens is 2. The maximum atomic E-state index is 13.9. The zero-order chi connectivity index (χ0) is 22.8. The van der Waals surface area contributed by atoms with Crippen molar-refractivity contribution >= 4 is 17.6 Å². The van der Waals surface area contributed by atoms with Crippen molar-refractivity contribution in [3.63, 3.8) is 0 Å². The van der Waals surface area contributed by atoms with Gasteiger partial charge in [-0.25, -0.2) is 9.07 Å². The van der Waals surface area contributed by atoms with E-state index in [1.54, 1.807) is 10.7 Å². The second-order valence-corrected chi connectivity index (χ2v) is 8.55. The Morgan fingerprint density at radius 3 is 2.39 bits per heavy atom. The van der Waals surface area contributed by atoms with Crippen molar-refractivity contribution in [2.24, 2.45) is 0 Å². The van der Waals surface area contributed by atoms with Crippen LogP contribution in [0.5, 0.6) is 0 Å². The maximum absolute atomic E-state index is 13.9. The highest BCUT2D eigenvalue weighted by molar-refractivity contribution is 5.99. The van der Waals surface area contributed by atoms with Gasteiger partial charge in [0.05, 0.1) is 23.5 Å². The van der Waals surface area contributed by atoms with Gasteiger partial charge < -0.3 is 10.2 Å². The topological polar surface area (TPSA) is 67.2 Å². The Morgan fingerprint density at radius 2 is 1.74 bits per heavy atom. The first-order valence-electron chi connectivity index (χ1n) is 10.0. The minimum atomic E-state index is -0.618. The third-order valence-electron chi connectivity index (χ3n) is 4.92. The highest BCUT2D eigenvalue weighted by Gasteiger charge is 2.23. The predicted octanol–water partition coefficient (Wildman–Crippen LogP) is 4.33. The lowest BCUT2D eigenvalue weighted by molar-refractivity contribution is -0.116. The van der Waals surface area contributed by atoms with Crippen LogP contribution in [-0.2, 0) is 10.2 Å². The van der Waals surface area contributed by atoms with Gasteiger partial charge >= 0.3 is 0 Å². The first-order chi connectivity index (χ1) is 14.6. The molecule has 162 valence electrons. The second kappa shape index (κ2) is 8.71. The van der Waals surface area contributed by atoms with Crippen LogP contribution in [0.25, 0.3) is 5.69 Å². The smallest absolute Gasteiger partial charge is 0.257 e. The number of amides is 2. The Labute approximate surface area is 181 Å². The van der Waals surface area contributed by atoms with E-state index < -0.39 is 17.6 Å². The molecule has 7 heteroatoms. The minimum absolute atomic E-state index is 0.0715. The molecule has 1 N–H and O–H groups in total. The van der Waals surface area contributed by atoms with Crippen LogP contribution in [-0.4, -0.2) is 40.1 Å². The van der Waals surface area contributed by atoms with Crippen LogP contribution in [0.15, 0.2) is 54.6 Å². The van der Waals surface area contributed by atoms with Crippen molar-refractivity contribution in [3.8, 4) is 5.69 Å². The Balaban J connectivity index is 1.84. The number of nitrogens with one attached hydrogen (secondary N) is 1. The van der Waals surface area contributed by atoms with Crippen molar-refractivity contribution in [3.05, 3.63) is 77.2 Å². The van der Waals surface area contributed by atoms with Crippen molar-refractivity contribution in [1.29, 1.82) is 0 Å². The van der Waals surface area contributed by atoms with Crippen molar-refractivity contribution < 1.29 is 14.0 Å². The SMILES string of the molecule is Cc1ccccc1-n1nc(C(C)(C)C)cc1NC(=O)CN(C)C(=O)c1ccccc1F. The van der Waals surface area contributed by atoms with Crippen molar-refractivity contribution in [2.45, 2.75) is 33.1 Å². The van der Waals surface area contributed by atoms with Gasteiger partial charge in [-0.1, -0.05) is 51.1 Å². The molecule has 3 rings (SSSR count). The zero-order valence-electron chi connectivity index (χ0n) is 18.4. The summed E-state index contributed by atoms with van der Waals surface area (Å²) in [5, 5.41) is 7.57. The molecule has 0 aliphatic carbocycles. The second-order valence-electron chi connectivity index (χ2n) is 8.55. The average Bonchev–Trinajstić information content (AvgIpc) is 3.12. The molecule has 0 aliphatic heterocycles. The summed E-state index contributed by atoms with van der Waals surface area (Å²) in [7, 11) is 1.47. The lowest BCUT2D eigenvalue weighted by atomic mass is 9.92. The molecule has 0 spiro atoms. The fourth-order valence-electron chi connectivity index (χ4n) is 3.13. The van der Waals surface area contributed by atoms with Crippen LogP contribution >= 0.6 is 0 Å². The summed E-state index contributed by atoms with van der Waals surface area (Å²) >= 11 is 0. The molecule has 2 aromatic carbocycles. The number of carbonyl (C=O) groups is 2. The molecule has 0 atom stereocenters. The monoisotopic (exact) mass is 422 g/mol. The summed E-state index contributed by atoms with van der Waals surface area (Å²) in [6.45, 7) is 7.88. The summed E-state index contributed by atoms with van der Waals surface area (Å²) in [5.74, 6) is -1.07. The number of hydrogen-bond acceptors (Lipinski definition) is 3. The number of rotatable bonds is 5. The standard InChI is InChI=1S/C24H27FN4O2/c1-16-10-6-9-13-19(16)29-21(14-20(27-29)24(2,3)4)26-22(30)15-28(5)23(31)17-11-7-8-12-18(17)25/h6-14H,15H2,1-5H3,(H,26,30). The summed E-state index contributed by atoms with van der Waals surface area (Å²) in [6.07, 6.45) is 0. The summed E-state index contributed by atoms with van der Waals surface area (Å²) < 4.78 is 15.6. The molecule has 2 amide bonds. The van der Waals surface area contributed by atoms with Gasteiger partial charge in [0.15, 0.2) is 0 Å². The number of likely N-dealkylation sites (N-methyl/N-ethyl adjacent to an activating group) is 1. The van der Waals surface area contributed by atoms with E-state index in [9.17, 15) is 14.0 Å². The van der Waals surface area contributed by atoms with Gasteiger partial charge in [0.25, 0.3) is 5.91 Å². The number of anilines is 1. The number of aryl methyl sites for hydroxylation is 1. The van der Waals surface area contributed by atoms with E-state index in [4.69, 9.17) is 5.10 Å². The van der Waals surface area contributed by atoms with Gasteiger partial charge in [0.2, 0.25) is 5.91 Å². The van der Waals surface area contributed by atoms with Crippen LogP contribution in [0.1, 0.15) is 42.4 Å². The van der Waals surface area contributed by atoms with Crippen LogP contribution < -0.4 is 5.32 Å². The van der Waals surface area contributed by atoms with E-state index in [-0.39, 0.29) is 17.5 Å². The molecule has 0 saturated carbocycles. The van der Waals surface area contributed by atoms with Gasteiger partial charge in [0, 0.05) is 18.5 Å². The van der Waals surface area contributed by atoms with Crippen molar-refractivity contribution in [1.82, 2.24) is 14.7 Å².